The summed E-state index contributed by atoms with van der Waals surface area (Å²) < 4.78 is 0. The van der Waals surface area contributed by atoms with Gasteiger partial charge in [-0.2, -0.15) is 0 Å². The van der Waals surface area contributed by atoms with Gasteiger partial charge in [0.2, 0.25) is 0 Å². The summed E-state index contributed by atoms with van der Waals surface area (Å²) in [5, 5.41) is 15.0. The Kier molecular flexibility index (Phi) is 16.4. The van der Waals surface area contributed by atoms with Gasteiger partial charge in [0.1, 0.15) is 6.61 Å². The molecule has 0 amide bonds. The van der Waals surface area contributed by atoms with Gasteiger partial charge in [-0.15, -0.1) is 0 Å². The first-order valence-corrected chi connectivity index (χ1v) is 4.41. The van der Waals surface area contributed by atoms with Gasteiger partial charge in [-0.3, -0.25) is 0 Å². The zero-order chi connectivity index (χ0) is 10.3. The van der Waals surface area contributed by atoms with Crippen molar-refractivity contribution in [1.82, 2.24) is 0 Å². The third-order valence-electron chi connectivity index (χ3n) is 2.01. The fraction of sp³-hybridized carbons (Fsp3) is 0.875. The van der Waals surface area contributed by atoms with Crippen LogP contribution >= 0.6 is 0 Å². The fourth-order valence-corrected chi connectivity index (χ4v) is 1.19. The summed E-state index contributed by atoms with van der Waals surface area (Å²) in [5.41, 5.74) is 11.3. The monoisotopic (exact) mass is 403 g/mol. The second-order valence-corrected chi connectivity index (χ2v) is 3.16. The average molecular weight is 403 g/mol. The second kappa shape index (κ2) is 12.1. The van der Waals surface area contributed by atoms with Crippen molar-refractivity contribution in [3.05, 3.63) is 0 Å². The second-order valence-electron chi connectivity index (χ2n) is 3.16. The maximum atomic E-state index is 9.12. The van der Waals surface area contributed by atoms with E-state index in [0.29, 0.717) is 0 Å². The van der Waals surface area contributed by atoms with Crippen LogP contribution < -0.4 is 11.5 Å². The van der Waals surface area contributed by atoms with Crippen molar-refractivity contribution in [3.8, 4) is 0 Å². The summed E-state index contributed by atoms with van der Waals surface area (Å²) in [5.74, 6) is -1.19. The summed E-state index contributed by atoms with van der Waals surface area (Å²) in [6.07, 6.45) is 4.80. The molecule has 0 saturated heterocycles. The van der Waals surface area contributed by atoms with Crippen molar-refractivity contribution in [2.24, 2.45) is 11.5 Å². The van der Waals surface area contributed by atoms with Crippen LogP contribution in [0.4, 0.5) is 0 Å². The van der Waals surface area contributed by atoms with E-state index in [1.54, 1.807) is 0 Å². The van der Waals surface area contributed by atoms with Crippen LogP contribution in [0.25, 0.3) is 0 Å². The first-order chi connectivity index (χ1) is 6.07. The van der Waals surface area contributed by atoms with Crippen LogP contribution in [0.1, 0.15) is 25.7 Å². The van der Waals surface area contributed by atoms with Crippen LogP contribution in [0.5, 0.6) is 0 Å². The van der Waals surface area contributed by atoms with Gasteiger partial charge in [0.25, 0.3) is 0 Å². The molecule has 0 aromatic carbocycles. The van der Waals surface area contributed by atoms with Crippen LogP contribution in [0, 0.1) is 0 Å². The number of aliphatic hydroxyl groups is 1. The first-order valence-electron chi connectivity index (χ1n) is 4.41. The van der Waals surface area contributed by atoms with Gasteiger partial charge in [0.05, 0.1) is 0 Å². The number of rotatable bonds is 1. The molecule has 1 aliphatic rings. The molecule has 0 aliphatic heterocycles. The summed E-state index contributed by atoms with van der Waals surface area (Å²) in [7, 11) is 0. The molecule has 0 aromatic heterocycles. The number of hydrogen-bond donors (Lipinski definition) is 4. The van der Waals surface area contributed by atoms with E-state index in [-0.39, 0.29) is 38.6 Å². The number of aliphatic carboxylic acids is 1. The molecule has 0 radical (unpaired) electrons. The molecule has 1 fully saturated rings. The third-order valence-corrected chi connectivity index (χ3v) is 2.01. The Bertz CT molecular complexity index is 150. The summed E-state index contributed by atoms with van der Waals surface area (Å²) in [4.78, 5) is 9.12. The van der Waals surface area contributed by atoms with Crippen molar-refractivity contribution >= 4 is 5.97 Å². The molecular weight excluding hydrogens is 383 g/mol. The van der Waals surface area contributed by atoms with E-state index in [9.17, 15) is 0 Å². The summed E-state index contributed by atoms with van der Waals surface area (Å²) in [6, 6.07) is 0.562. The average Bonchev–Trinajstić information content (AvgIpc) is 2.11. The van der Waals surface area contributed by atoms with Gasteiger partial charge >= 0.3 is 5.97 Å². The van der Waals surface area contributed by atoms with Crippen molar-refractivity contribution in [3.63, 3.8) is 0 Å². The topological polar surface area (TPSA) is 141 Å². The van der Waals surface area contributed by atoms with E-state index in [1.165, 1.54) is 12.8 Å². The maximum Gasteiger partial charge on any atom is 0.329 e. The Morgan fingerprint density at radius 2 is 1.47 bits per heavy atom. The molecule has 1 rings (SSSR count). The molecule has 0 heterocycles. The van der Waals surface area contributed by atoms with E-state index < -0.39 is 12.6 Å². The smallest absolute Gasteiger partial charge is 0.329 e. The van der Waals surface area contributed by atoms with E-state index in [0.717, 1.165) is 12.8 Å². The Hall–Kier alpha value is -0.00169. The number of carboxylic acid groups (broad SMARTS) is 1. The third kappa shape index (κ3) is 11.9. The largest absolute Gasteiger partial charge is 0.480 e. The standard InChI is InChI=1S/C6H14N2.C2H4O3.H2O.Pt/c7-5-3-1-2-4-6(5)8;3-1-2(4)5;;/h5-6H,1-4,7-8H2;3H,1H2,(H,4,5);1H2;. The van der Waals surface area contributed by atoms with Crippen molar-refractivity contribution in [1.29, 1.82) is 0 Å². The van der Waals surface area contributed by atoms with Crippen LogP contribution in [0.3, 0.4) is 0 Å². The minimum Gasteiger partial charge on any atom is -0.480 e. The predicted octanol–water partition coefficient (Wildman–Crippen LogP) is -1.55. The normalized spacial score (nSPS) is 23.7. The Morgan fingerprint density at radius 1 is 1.20 bits per heavy atom. The number of carboxylic acids is 1. The first kappa shape index (κ1) is 20.4. The van der Waals surface area contributed by atoms with E-state index in [2.05, 4.69) is 0 Å². The summed E-state index contributed by atoms with van der Waals surface area (Å²) in [6.45, 7) is -0.778. The molecule has 2 unspecified atom stereocenters. The molecule has 0 aromatic rings. The minimum atomic E-state index is -1.19. The van der Waals surface area contributed by atoms with Crippen LogP contribution in [0.2, 0.25) is 0 Å². The SMILES string of the molecule is NC1CCCCC1N.O.O=C(O)CO.[Pt]. The quantitative estimate of drug-likeness (QED) is 0.420. The van der Waals surface area contributed by atoms with E-state index in [4.69, 9.17) is 26.5 Å². The zero-order valence-corrected chi connectivity index (χ0v) is 10.7. The molecular formula is C8H20N2O4Pt. The molecule has 1 saturated carbocycles. The number of nitrogens with two attached hydrogens (primary N) is 2. The van der Waals surface area contributed by atoms with Crippen LogP contribution in [-0.2, 0) is 25.9 Å². The van der Waals surface area contributed by atoms with Gasteiger partial charge in [-0.05, 0) is 12.8 Å². The Morgan fingerprint density at radius 3 is 1.60 bits per heavy atom. The van der Waals surface area contributed by atoms with Gasteiger partial charge in [-0.25, -0.2) is 4.79 Å². The van der Waals surface area contributed by atoms with Crippen molar-refractivity contribution in [2.75, 3.05) is 6.61 Å². The molecule has 15 heavy (non-hydrogen) atoms. The van der Waals surface area contributed by atoms with Gasteiger partial charge < -0.3 is 27.2 Å². The van der Waals surface area contributed by atoms with Crippen molar-refractivity contribution < 1.29 is 41.5 Å². The maximum absolute atomic E-state index is 9.12. The Labute approximate surface area is 104 Å². The van der Waals surface area contributed by atoms with Gasteiger partial charge in [0, 0.05) is 33.1 Å². The number of carbonyl (C=O) groups is 1. The molecule has 2 atom stereocenters. The molecule has 0 bridgehead atoms. The molecule has 8 N–H and O–H groups in total. The minimum absolute atomic E-state index is 0. The fourth-order valence-electron chi connectivity index (χ4n) is 1.19. The summed E-state index contributed by atoms with van der Waals surface area (Å²) >= 11 is 0. The van der Waals surface area contributed by atoms with Crippen LogP contribution in [0.15, 0.2) is 0 Å². The molecule has 7 heteroatoms. The molecule has 96 valence electrons. The van der Waals surface area contributed by atoms with E-state index >= 15 is 0 Å². The van der Waals surface area contributed by atoms with E-state index in [1.807, 2.05) is 0 Å². The molecule has 6 nitrogen and oxygen atoms in total. The van der Waals surface area contributed by atoms with Crippen molar-refractivity contribution in [2.45, 2.75) is 37.8 Å². The number of aliphatic hydroxyl groups excluding tert-OH is 1. The predicted molar refractivity (Wildman–Crippen MR) is 52.8 cm³/mol. The molecule has 0 spiro atoms. The zero-order valence-electron chi connectivity index (χ0n) is 8.46. The molecule has 1 aliphatic carbocycles. The number of hydrogen-bond acceptors (Lipinski definition) is 4. The van der Waals surface area contributed by atoms with Gasteiger partial charge in [-0.1, -0.05) is 12.8 Å². The van der Waals surface area contributed by atoms with Crippen LogP contribution in [-0.4, -0.2) is 40.3 Å². The van der Waals surface area contributed by atoms with Gasteiger partial charge in [0.15, 0.2) is 0 Å². The Balaban J connectivity index is -0.000000185.